The standard InChI is InChI=1S/C14H13N3S2/c1-18-14-16-15-13(10-12-8-5-9-19-12)17(14)11-6-3-2-4-7-11/h2-9H,10H2,1H3. The third-order valence-corrected chi connectivity index (χ3v) is 4.32. The van der Waals surface area contributed by atoms with Crippen molar-refractivity contribution in [1.82, 2.24) is 14.8 Å². The van der Waals surface area contributed by atoms with Crippen molar-refractivity contribution in [2.45, 2.75) is 11.6 Å². The SMILES string of the molecule is CSc1nnc(Cc2cccs2)n1-c1ccccc1. The third-order valence-electron chi connectivity index (χ3n) is 2.81. The smallest absolute Gasteiger partial charge is 0.195 e. The molecule has 2 heterocycles. The first-order valence-corrected chi connectivity index (χ1v) is 8.05. The van der Waals surface area contributed by atoms with Gasteiger partial charge < -0.3 is 0 Å². The molecular formula is C14H13N3S2. The Morgan fingerprint density at radius 1 is 1.11 bits per heavy atom. The molecule has 0 aliphatic heterocycles. The molecule has 2 aromatic heterocycles. The van der Waals surface area contributed by atoms with E-state index in [0.717, 1.165) is 23.1 Å². The first-order valence-electron chi connectivity index (χ1n) is 5.94. The molecule has 0 N–H and O–H groups in total. The Balaban J connectivity index is 2.03. The topological polar surface area (TPSA) is 30.7 Å². The summed E-state index contributed by atoms with van der Waals surface area (Å²) in [7, 11) is 0. The van der Waals surface area contributed by atoms with E-state index in [1.54, 1.807) is 23.1 Å². The molecule has 0 aliphatic rings. The molecule has 0 spiro atoms. The fourth-order valence-corrected chi connectivity index (χ4v) is 3.17. The average molecular weight is 287 g/mol. The van der Waals surface area contributed by atoms with E-state index in [1.165, 1.54) is 4.88 Å². The van der Waals surface area contributed by atoms with E-state index in [9.17, 15) is 0 Å². The van der Waals surface area contributed by atoms with Gasteiger partial charge in [0.25, 0.3) is 0 Å². The Kier molecular flexibility index (Phi) is 3.66. The first-order chi connectivity index (χ1) is 9.38. The number of rotatable bonds is 4. The maximum absolute atomic E-state index is 4.34. The molecule has 0 radical (unpaired) electrons. The van der Waals surface area contributed by atoms with Crippen molar-refractivity contribution in [2.24, 2.45) is 0 Å². The van der Waals surface area contributed by atoms with Crippen LogP contribution in [0.4, 0.5) is 0 Å². The van der Waals surface area contributed by atoms with Gasteiger partial charge in [0, 0.05) is 17.0 Å². The molecule has 0 aliphatic carbocycles. The highest BCUT2D eigenvalue weighted by molar-refractivity contribution is 7.98. The summed E-state index contributed by atoms with van der Waals surface area (Å²) in [5, 5.41) is 11.6. The van der Waals surface area contributed by atoms with Crippen LogP contribution in [0, 0.1) is 0 Å². The molecule has 1 aromatic carbocycles. The Bertz CT molecular complexity index is 645. The largest absolute Gasteiger partial charge is 0.274 e. The van der Waals surface area contributed by atoms with Gasteiger partial charge in [-0.15, -0.1) is 21.5 Å². The summed E-state index contributed by atoms with van der Waals surface area (Å²) in [5.74, 6) is 0.984. The summed E-state index contributed by atoms with van der Waals surface area (Å²) in [6.45, 7) is 0. The average Bonchev–Trinajstić information content (AvgIpc) is 3.09. The number of hydrogen-bond acceptors (Lipinski definition) is 4. The van der Waals surface area contributed by atoms with E-state index in [2.05, 4.69) is 44.4 Å². The van der Waals surface area contributed by atoms with Gasteiger partial charge in [-0.05, 0) is 29.8 Å². The molecule has 19 heavy (non-hydrogen) atoms. The summed E-state index contributed by atoms with van der Waals surface area (Å²) in [4.78, 5) is 1.30. The molecule has 96 valence electrons. The van der Waals surface area contributed by atoms with Crippen LogP contribution in [0.15, 0.2) is 53.0 Å². The zero-order valence-corrected chi connectivity index (χ0v) is 12.1. The molecule has 0 saturated heterocycles. The summed E-state index contributed by atoms with van der Waals surface area (Å²) >= 11 is 3.37. The van der Waals surface area contributed by atoms with Crippen LogP contribution in [0.2, 0.25) is 0 Å². The van der Waals surface area contributed by atoms with Gasteiger partial charge in [-0.3, -0.25) is 4.57 Å². The van der Waals surface area contributed by atoms with Gasteiger partial charge in [-0.1, -0.05) is 36.0 Å². The summed E-state index contributed by atoms with van der Waals surface area (Å²) in [6.07, 6.45) is 2.85. The highest BCUT2D eigenvalue weighted by Crippen LogP contribution is 2.22. The zero-order valence-electron chi connectivity index (χ0n) is 10.5. The van der Waals surface area contributed by atoms with Crippen LogP contribution < -0.4 is 0 Å². The lowest BCUT2D eigenvalue weighted by atomic mass is 10.3. The second kappa shape index (κ2) is 5.59. The van der Waals surface area contributed by atoms with Gasteiger partial charge in [-0.25, -0.2) is 0 Å². The zero-order chi connectivity index (χ0) is 13.1. The molecule has 5 heteroatoms. The lowest BCUT2D eigenvalue weighted by Crippen LogP contribution is -2.02. The Labute approximate surface area is 120 Å². The maximum atomic E-state index is 4.34. The lowest BCUT2D eigenvalue weighted by molar-refractivity contribution is 0.853. The second-order valence-corrected chi connectivity index (χ2v) is 5.84. The number of thioether (sulfide) groups is 1. The van der Waals surface area contributed by atoms with Gasteiger partial charge in [0.1, 0.15) is 5.82 Å². The molecule has 0 saturated carbocycles. The Morgan fingerprint density at radius 3 is 2.63 bits per heavy atom. The van der Waals surface area contributed by atoms with Crippen LogP contribution in [0.1, 0.15) is 10.7 Å². The number of benzene rings is 1. The Morgan fingerprint density at radius 2 is 1.95 bits per heavy atom. The minimum Gasteiger partial charge on any atom is -0.274 e. The van der Waals surface area contributed by atoms with Crippen molar-refractivity contribution in [3.63, 3.8) is 0 Å². The number of aromatic nitrogens is 3. The summed E-state index contributed by atoms with van der Waals surface area (Å²) in [6, 6.07) is 14.5. The first kappa shape index (κ1) is 12.4. The quantitative estimate of drug-likeness (QED) is 0.686. The minimum atomic E-state index is 0.820. The predicted molar refractivity (Wildman–Crippen MR) is 80.3 cm³/mol. The van der Waals surface area contributed by atoms with Gasteiger partial charge in [0.15, 0.2) is 5.16 Å². The van der Waals surface area contributed by atoms with Crippen LogP contribution in [-0.2, 0) is 6.42 Å². The molecule has 0 unspecified atom stereocenters. The number of para-hydroxylation sites is 1. The van der Waals surface area contributed by atoms with E-state index in [4.69, 9.17) is 0 Å². The normalized spacial score (nSPS) is 10.8. The van der Waals surface area contributed by atoms with Crippen LogP contribution in [0.5, 0.6) is 0 Å². The van der Waals surface area contributed by atoms with E-state index >= 15 is 0 Å². The molecule has 0 atom stereocenters. The second-order valence-electron chi connectivity index (χ2n) is 4.03. The Hall–Kier alpha value is -1.59. The predicted octanol–water partition coefficient (Wildman–Crippen LogP) is 3.64. The van der Waals surface area contributed by atoms with Crippen molar-refractivity contribution < 1.29 is 0 Å². The van der Waals surface area contributed by atoms with E-state index in [1.807, 2.05) is 24.5 Å². The van der Waals surface area contributed by atoms with Gasteiger partial charge >= 0.3 is 0 Å². The summed E-state index contributed by atoms with van der Waals surface area (Å²) < 4.78 is 2.13. The number of nitrogens with zero attached hydrogens (tertiary/aromatic N) is 3. The monoisotopic (exact) mass is 287 g/mol. The van der Waals surface area contributed by atoms with Crippen LogP contribution >= 0.6 is 23.1 Å². The fraction of sp³-hybridized carbons (Fsp3) is 0.143. The number of thiophene rings is 1. The maximum Gasteiger partial charge on any atom is 0.195 e. The van der Waals surface area contributed by atoms with Crippen molar-refractivity contribution >= 4 is 23.1 Å². The molecule has 0 amide bonds. The van der Waals surface area contributed by atoms with Gasteiger partial charge in [0.05, 0.1) is 0 Å². The van der Waals surface area contributed by atoms with Crippen LogP contribution in [0.3, 0.4) is 0 Å². The molecular weight excluding hydrogens is 274 g/mol. The molecule has 0 bridgehead atoms. The van der Waals surface area contributed by atoms with Crippen LogP contribution in [0.25, 0.3) is 5.69 Å². The van der Waals surface area contributed by atoms with Gasteiger partial charge in [0.2, 0.25) is 0 Å². The minimum absolute atomic E-state index is 0.820. The fourth-order valence-electron chi connectivity index (χ4n) is 1.95. The molecule has 3 rings (SSSR count). The van der Waals surface area contributed by atoms with Crippen molar-refractivity contribution in [3.8, 4) is 5.69 Å². The molecule has 0 fully saturated rings. The number of hydrogen-bond donors (Lipinski definition) is 0. The van der Waals surface area contributed by atoms with E-state index < -0.39 is 0 Å². The van der Waals surface area contributed by atoms with Crippen molar-refractivity contribution in [3.05, 3.63) is 58.5 Å². The summed E-state index contributed by atoms with van der Waals surface area (Å²) in [5.41, 5.74) is 1.11. The van der Waals surface area contributed by atoms with E-state index in [0.29, 0.717) is 0 Å². The highest BCUT2D eigenvalue weighted by Gasteiger charge is 2.13. The molecule has 3 aromatic rings. The molecule has 3 nitrogen and oxygen atoms in total. The van der Waals surface area contributed by atoms with Crippen LogP contribution in [-0.4, -0.2) is 21.0 Å². The lowest BCUT2D eigenvalue weighted by Gasteiger charge is -2.08. The third kappa shape index (κ3) is 2.57. The van der Waals surface area contributed by atoms with E-state index in [-0.39, 0.29) is 0 Å². The van der Waals surface area contributed by atoms with Crippen molar-refractivity contribution in [2.75, 3.05) is 6.26 Å². The van der Waals surface area contributed by atoms with Crippen molar-refractivity contribution in [1.29, 1.82) is 0 Å². The highest BCUT2D eigenvalue weighted by atomic mass is 32.2. The van der Waals surface area contributed by atoms with Gasteiger partial charge in [-0.2, -0.15) is 0 Å².